The number of nitrogens with zero attached hydrogens (tertiary/aromatic N) is 3. The SMILES string of the molecule is NNc1ccc(C(=O)NCCc2ncno2)cc1[N+](=O)[O-]. The van der Waals surface area contributed by atoms with Crippen LogP contribution in [0.3, 0.4) is 0 Å². The quantitative estimate of drug-likeness (QED) is 0.389. The molecule has 1 heterocycles. The number of hydrogen-bond acceptors (Lipinski definition) is 8. The van der Waals surface area contributed by atoms with Gasteiger partial charge in [-0.2, -0.15) is 4.98 Å². The maximum absolute atomic E-state index is 11.9. The molecule has 0 atom stereocenters. The van der Waals surface area contributed by atoms with Crippen LogP contribution >= 0.6 is 0 Å². The van der Waals surface area contributed by atoms with E-state index in [1.165, 1.54) is 18.5 Å². The fraction of sp³-hybridized carbons (Fsp3) is 0.182. The summed E-state index contributed by atoms with van der Waals surface area (Å²) in [6.07, 6.45) is 1.63. The van der Waals surface area contributed by atoms with Crippen molar-refractivity contribution in [2.45, 2.75) is 6.42 Å². The van der Waals surface area contributed by atoms with Crippen molar-refractivity contribution in [3.63, 3.8) is 0 Å². The number of carbonyl (C=O) groups is 1. The number of nitrogens with two attached hydrogens (primary N) is 1. The van der Waals surface area contributed by atoms with Gasteiger partial charge in [0.1, 0.15) is 5.69 Å². The number of nitrogens with one attached hydrogen (secondary N) is 2. The van der Waals surface area contributed by atoms with Crippen LogP contribution in [0.25, 0.3) is 0 Å². The minimum absolute atomic E-state index is 0.127. The van der Waals surface area contributed by atoms with Crippen LogP contribution in [0.1, 0.15) is 16.2 Å². The van der Waals surface area contributed by atoms with Crippen molar-refractivity contribution in [2.24, 2.45) is 5.84 Å². The second-order valence-electron chi connectivity index (χ2n) is 3.97. The molecule has 4 N–H and O–H groups in total. The molecule has 0 aliphatic rings. The Hall–Kier alpha value is -3.01. The maximum Gasteiger partial charge on any atom is 0.294 e. The zero-order valence-electron chi connectivity index (χ0n) is 10.8. The van der Waals surface area contributed by atoms with E-state index in [4.69, 9.17) is 10.4 Å². The van der Waals surface area contributed by atoms with E-state index in [2.05, 4.69) is 20.9 Å². The zero-order valence-corrected chi connectivity index (χ0v) is 10.8. The van der Waals surface area contributed by atoms with Gasteiger partial charge in [-0.1, -0.05) is 5.16 Å². The average Bonchev–Trinajstić information content (AvgIpc) is 2.99. The molecule has 0 saturated carbocycles. The lowest BCUT2D eigenvalue weighted by Crippen LogP contribution is -2.26. The van der Waals surface area contributed by atoms with Crippen LogP contribution in [0.5, 0.6) is 0 Å². The summed E-state index contributed by atoms with van der Waals surface area (Å²) in [5.41, 5.74) is 2.21. The van der Waals surface area contributed by atoms with Crippen LogP contribution in [-0.2, 0) is 6.42 Å². The number of amides is 1. The largest absolute Gasteiger partial charge is 0.352 e. The van der Waals surface area contributed by atoms with E-state index in [9.17, 15) is 14.9 Å². The molecule has 0 spiro atoms. The Bertz CT molecular complexity index is 642. The van der Waals surface area contributed by atoms with E-state index < -0.39 is 10.8 Å². The van der Waals surface area contributed by atoms with Gasteiger partial charge in [0.15, 0.2) is 6.33 Å². The van der Waals surface area contributed by atoms with Gasteiger partial charge in [-0.15, -0.1) is 0 Å². The molecular weight excluding hydrogens is 280 g/mol. The number of nitro benzene ring substituents is 1. The molecule has 1 amide bonds. The summed E-state index contributed by atoms with van der Waals surface area (Å²) < 4.78 is 4.78. The van der Waals surface area contributed by atoms with E-state index in [0.717, 1.165) is 6.07 Å². The minimum Gasteiger partial charge on any atom is -0.352 e. The van der Waals surface area contributed by atoms with Crippen LogP contribution in [-0.4, -0.2) is 27.5 Å². The maximum atomic E-state index is 11.9. The van der Waals surface area contributed by atoms with E-state index in [-0.39, 0.29) is 23.5 Å². The highest BCUT2D eigenvalue weighted by molar-refractivity contribution is 5.95. The molecule has 110 valence electrons. The molecule has 10 heteroatoms. The van der Waals surface area contributed by atoms with Crippen molar-refractivity contribution in [3.8, 4) is 0 Å². The number of rotatable bonds is 6. The van der Waals surface area contributed by atoms with Gasteiger partial charge >= 0.3 is 0 Å². The second kappa shape index (κ2) is 6.43. The highest BCUT2D eigenvalue weighted by Gasteiger charge is 2.16. The Balaban J connectivity index is 2.01. The summed E-state index contributed by atoms with van der Waals surface area (Å²) in [6.45, 7) is 0.270. The van der Waals surface area contributed by atoms with Gasteiger partial charge < -0.3 is 15.3 Å². The first-order valence-corrected chi connectivity index (χ1v) is 5.90. The molecule has 0 bridgehead atoms. The Labute approximate surface area is 118 Å². The number of hydrogen-bond donors (Lipinski definition) is 3. The summed E-state index contributed by atoms with van der Waals surface area (Å²) in [6, 6.07) is 3.95. The van der Waals surface area contributed by atoms with E-state index in [1.807, 2.05) is 0 Å². The first-order valence-electron chi connectivity index (χ1n) is 5.90. The lowest BCUT2D eigenvalue weighted by atomic mass is 10.1. The monoisotopic (exact) mass is 292 g/mol. The fourth-order valence-electron chi connectivity index (χ4n) is 1.64. The molecule has 0 saturated heterocycles. The number of nitrogen functional groups attached to an aromatic ring is 1. The number of aromatic nitrogens is 2. The van der Waals surface area contributed by atoms with Crippen LogP contribution in [0.15, 0.2) is 29.0 Å². The number of benzene rings is 1. The molecule has 0 aliphatic heterocycles. The van der Waals surface area contributed by atoms with Crippen LogP contribution in [0.2, 0.25) is 0 Å². The summed E-state index contributed by atoms with van der Waals surface area (Å²) in [4.78, 5) is 26.0. The molecule has 0 radical (unpaired) electrons. The Morgan fingerprint density at radius 3 is 2.90 bits per heavy atom. The topological polar surface area (TPSA) is 149 Å². The predicted octanol–water partition coefficient (Wildman–Crippen LogP) is 0.236. The van der Waals surface area contributed by atoms with Gasteiger partial charge in [-0.25, -0.2) is 0 Å². The number of hydrazine groups is 1. The molecule has 10 nitrogen and oxygen atoms in total. The van der Waals surface area contributed by atoms with Gasteiger partial charge in [0.25, 0.3) is 11.6 Å². The van der Waals surface area contributed by atoms with Crippen molar-refractivity contribution in [1.29, 1.82) is 0 Å². The van der Waals surface area contributed by atoms with Gasteiger partial charge in [-0.3, -0.25) is 20.8 Å². The fourth-order valence-corrected chi connectivity index (χ4v) is 1.64. The van der Waals surface area contributed by atoms with Gasteiger partial charge in [0, 0.05) is 24.6 Å². The van der Waals surface area contributed by atoms with Crippen LogP contribution < -0.4 is 16.6 Å². The lowest BCUT2D eigenvalue weighted by Gasteiger charge is -2.06. The third-order valence-electron chi connectivity index (χ3n) is 2.64. The molecule has 0 aliphatic carbocycles. The summed E-state index contributed by atoms with van der Waals surface area (Å²) in [7, 11) is 0. The summed E-state index contributed by atoms with van der Waals surface area (Å²) in [5.74, 6) is 5.12. The third kappa shape index (κ3) is 3.51. The number of nitro groups is 1. The Morgan fingerprint density at radius 2 is 2.29 bits per heavy atom. The van der Waals surface area contributed by atoms with Crippen molar-refractivity contribution < 1.29 is 14.2 Å². The Morgan fingerprint density at radius 1 is 1.48 bits per heavy atom. The molecule has 2 aromatic rings. The lowest BCUT2D eigenvalue weighted by molar-refractivity contribution is -0.384. The van der Waals surface area contributed by atoms with E-state index in [1.54, 1.807) is 0 Å². The van der Waals surface area contributed by atoms with Gasteiger partial charge in [0.2, 0.25) is 5.89 Å². The normalized spacial score (nSPS) is 10.1. The molecule has 21 heavy (non-hydrogen) atoms. The zero-order chi connectivity index (χ0) is 15.2. The van der Waals surface area contributed by atoms with Crippen LogP contribution in [0, 0.1) is 10.1 Å². The molecule has 1 aromatic carbocycles. The predicted molar refractivity (Wildman–Crippen MR) is 71.2 cm³/mol. The molecule has 2 rings (SSSR count). The van der Waals surface area contributed by atoms with E-state index in [0.29, 0.717) is 12.3 Å². The number of carbonyl (C=O) groups excluding carboxylic acids is 1. The smallest absolute Gasteiger partial charge is 0.294 e. The second-order valence-corrected chi connectivity index (χ2v) is 3.97. The average molecular weight is 292 g/mol. The number of anilines is 1. The highest BCUT2D eigenvalue weighted by atomic mass is 16.6. The van der Waals surface area contributed by atoms with Crippen molar-refractivity contribution in [1.82, 2.24) is 15.5 Å². The van der Waals surface area contributed by atoms with E-state index >= 15 is 0 Å². The molecule has 0 fully saturated rings. The highest BCUT2D eigenvalue weighted by Crippen LogP contribution is 2.24. The van der Waals surface area contributed by atoms with Crippen LogP contribution in [0.4, 0.5) is 11.4 Å². The van der Waals surface area contributed by atoms with Gasteiger partial charge in [-0.05, 0) is 12.1 Å². The first-order chi connectivity index (χ1) is 10.1. The molecule has 0 unspecified atom stereocenters. The van der Waals surface area contributed by atoms with Crippen molar-refractivity contribution >= 4 is 17.3 Å². The summed E-state index contributed by atoms with van der Waals surface area (Å²) in [5, 5.41) is 16.9. The van der Waals surface area contributed by atoms with Crippen molar-refractivity contribution in [2.75, 3.05) is 12.0 Å². The molecule has 1 aromatic heterocycles. The minimum atomic E-state index is -0.621. The molecular formula is C11H12N6O4. The standard InChI is InChI=1S/C11H12N6O4/c12-16-8-2-1-7(5-9(8)17(19)20)11(18)13-4-3-10-14-6-15-21-10/h1-2,5-6,16H,3-4,12H2,(H,13,18). The van der Waals surface area contributed by atoms with Gasteiger partial charge in [0.05, 0.1) is 4.92 Å². The Kier molecular flexibility index (Phi) is 4.41. The van der Waals surface area contributed by atoms with Crippen molar-refractivity contribution in [3.05, 3.63) is 46.1 Å². The summed E-state index contributed by atoms with van der Waals surface area (Å²) >= 11 is 0. The first kappa shape index (κ1) is 14.4. The third-order valence-corrected chi connectivity index (χ3v) is 2.64.